The van der Waals surface area contributed by atoms with Crippen molar-refractivity contribution in [2.75, 3.05) is 87.2 Å². The smallest absolute Gasteiger partial charge is 0.319 e. The second-order valence-corrected chi connectivity index (χ2v) is 23.9. The predicted molar refractivity (Wildman–Crippen MR) is 272 cm³/mol. The van der Waals surface area contributed by atoms with Crippen molar-refractivity contribution in [3.8, 4) is 0 Å². The highest BCUT2D eigenvalue weighted by atomic mass is 32.1. The molecule has 8 nitrogen and oxygen atoms in total. The molecular weight excluding hydrogens is 867 g/mol. The number of Topliss-reactive ketones (excluding diaryl/α,β-unsaturated/α-hetero) is 1. The molecule has 0 saturated heterocycles. The van der Waals surface area contributed by atoms with Gasteiger partial charge in [0.05, 0.1) is 20.2 Å². The Hall–Kier alpha value is -2.56. The van der Waals surface area contributed by atoms with Crippen LogP contribution in [0.2, 0.25) is 0 Å². The van der Waals surface area contributed by atoms with Crippen LogP contribution in [0.3, 0.4) is 0 Å². The summed E-state index contributed by atoms with van der Waals surface area (Å²) in [6, 6.07) is 15.4. The van der Waals surface area contributed by atoms with E-state index in [0.29, 0.717) is 18.5 Å². The lowest BCUT2D eigenvalue weighted by atomic mass is 9.85. The molecule has 3 aliphatic heterocycles. The number of fused-ring (bicyclic) bond motifs is 3. The van der Waals surface area contributed by atoms with Crippen LogP contribution in [0, 0.1) is 34.6 Å². The maximum Gasteiger partial charge on any atom is 0.319 e. The van der Waals surface area contributed by atoms with E-state index in [-0.39, 0.29) is 11.8 Å². The van der Waals surface area contributed by atoms with Gasteiger partial charge in [-0.25, -0.2) is 0 Å². The Morgan fingerprint density at radius 1 is 0.774 bits per heavy atom. The number of ketones is 1. The first-order valence-corrected chi connectivity index (χ1v) is 26.1. The first-order valence-electron chi connectivity index (χ1n) is 22.0. The van der Waals surface area contributed by atoms with Crippen LogP contribution in [0.5, 0.6) is 0 Å². The van der Waals surface area contributed by atoms with Gasteiger partial charge in [0.25, 0.3) is 0 Å². The van der Waals surface area contributed by atoms with E-state index in [9.17, 15) is 9.59 Å². The van der Waals surface area contributed by atoms with Crippen molar-refractivity contribution in [1.29, 1.82) is 0 Å². The van der Waals surface area contributed by atoms with Crippen LogP contribution in [0.1, 0.15) is 84.1 Å². The Morgan fingerprint density at radius 2 is 1.37 bits per heavy atom. The number of carbonyl (C=O) groups is 2. The zero-order chi connectivity index (χ0) is 45.2. The topological polar surface area (TPSA) is 85.9 Å². The summed E-state index contributed by atoms with van der Waals surface area (Å²) < 4.78 is 4.60. The van der Waals surface area contributed by atoms with Crippen molar-refractivity contribution >= 4 is 68.4 Å². The molecule has 0 amide bonds. The quantitative estimate of drug-likeness (QED) is 0.133. The van der Waals surface area contributed by atoms with Crippen molar-refractivity contribution in [3.63, 3.8) is 0 Å². The van der Waals surface area contributed by atoms with Crippen molar-refractivity contribution < 1.29 is 14.3 Å². The van der Waals surface area contributed by atoms with Crippen molar-refractivity contribution in [2.24, 2.45) is 0 Å². The molecule has 0 saturated carbocycles. The van der Waals surface area contributed by atoms with Crippen LogP contribution < -0.4 is 16.0 Å². The molecule has 62 heavy (non-hydrogen) atoms. The molecule has 8 rings (SSSR count). The minimum atomic E-state index is -0.181. The number of ether oxygens (including phenoxy) is 1. The average molecular weight is 940 g/mol. The van der Waals surface area contributed by atoms with Crippen LogP contribution in [0.4, 0.5) is 0 Å². The zero-order valence-corrected chi connectivity index (χ0v) is 43.4. The Labute approximate surface area is 393 Å². The molecule has 0 radical (unpaired) electrons. The maximum atomic E-state index is 11.7. The van der Waals surface area contributed by atoms with Crippen LogP contribution in [-0.2, 0) is 53.5 Å². The lowest BCUT2D eigenvalue weighted by Gasteiger charge is -2.23. The van der Waals surface area contributed by atoms with Crippen LogP contribution in [0.15, 0.2) is 42.5 Å². The normalized spacial score (nSPS) is 15.6. The lowest BCUT2D eigenvalue weighted by molar-refractivity contribution is -0.141. The predicted octanol–water partition coefficient (Wildman–Crippen LogP) is 9.47. The first-order chi connectivity index (χ1) is 29.6. The van der Waals surface area contributed by atoms with Gasteiger partial charge in [-0.3, -0.25) is 19.4 Å². The van der Waals surface area contributed by atoms with Crippen LogP contribution >= 0.6 is 56.7 Å². The number of nitrogens with one attached hydrogen (secondary N) is 3. The van der Waals surface area contributed by atoms with E-state index in [2.05, 4.69) is 110 Å². The summed E-state index contributed by atoms with van der Waals surface area (Å²) in [5.41, 5.74) is 4.43. The number of rotatable bonds is 8. The highest BCUT2D eigenvalue weighted by Crippen LogP contribution is 2.34. The SMILES string of the molecule is CNCCc1ccc(C)s1.COC(=O)CN(C)CCc1ccc(C)s1.Cc1cc2c(s1)CCN(C)CC2=O.Cc1cc2c(s1)CCNCC2.Cc1cc2c(s1)CCNCC2(C)C. The Kier molecular flexibility index (Phi) is 22.2. The Morgan fingerprint density at radius 3 is 2.03 bits per heavy atom. The van der Waals surface area contributed by atoms with E-state index in [1.165, 1.54) is 65.4 Å². The lowest BCUT2D eigenvalue weighted by Crippen LogP contribution is -2.31. The number of hydrogen-bond acceptors (Lipinski definition) is 13. The fourth-order valence-corrected chi connectivity index (χ4v) is 12.6. The van der Waals surface area contributed by atoms with E-state index < -0.39 is 0 Å². The standard InChI is InChI=1S/C11H17NO2S.C11H17NS.C10H13NOS.C9H13NS.C8H13NS/c1-9-4-5-10(15-9)6-7-12(2)8-11(13)14-3;1-8-6-9-10(13-8)4-5-12-7-11(9,2)3;1-7-5-8-9(12)6-11(2)4-3-10(8)13-7;1-7-6-8-2-4-10-5-3-9(8)11-7;1-7-3-4-8(10-7)5-6-9-2/h4-5H,6-8H2,1-3H3;6,12H,4-5,7H2,1-3H3;5H,3-4,6H2,1-2H3;6,10H,2-5H2,1H3;3-4,9H,5-6H2,1-2H3. The molecule has 0 aliphatic carbocycles. The summed E-state index contributed by atoms with van der Waals surface area (Å²) in [4.78, 5) is 41.0. The minimum Gasteiger partial charge on any atom is -0.468 e. The van der Waals surface area contributed by atoms with E-state index in [4.69, 9.17) is 0 Å². The summed E-state index contributed by atoms with van der Waals surface area (Å²) in [5, 5.41) is 10.0. The van der Waals surface area contributed by atoms with Gasteiger partial charge < -0.3 is 20.7 Å². The van der Waals surface area contributed by atoms with Gasteiger partial charge in [-0.15, -0.1) is 56.7 Å². The summed E-state index contributed by atoms with van der Waals surface area (Å²) in [6.45, 7) is 23.8. The maximum absolute atomic E-state index is 11.7. The van der Waals surface area contributed by atoms with E-state index in [1.807, 2.05) is 77.5 Å². The number of carbonyl (C=O) groups excluding carboxylic acids is 2. The number of aryl methyl sites for hydroxylation is 5. The van der Waals surface area contributed by atoms with Gasteiger partial charge in [-0.05, 0) is 174 Å². The van der Waals surface area contributed by atoms with Gasteiger partial charge in [0.1, 0.15) is 0 Å². The summed E-state index contributed by atoms with van der Waals surface area (Å²) in [6.07, 6.45) is 6.84. The van der Waals surface area contributed by atoms with Crippen molar-refractivity contribution in [2.45, 2.75) is 92.4 Å². The van der Waals surface area contributed by atoms with Gasteiger partial charge in [0.2, 0.25) is 0 Å². The molecule has 0 fully saturated rings. The molecule has 0 spiro atoms. The van der Waals surface area contributed by atoms with Gasteiger partial charge in [-0.2, -0.15) is 0 Å². The van der Waals surface area contributed by atoms with E-state index in [0.717, 1.165) is 70.6 Å². The molecule has 3 N–H and O–H groups in total. The molecule has 8 heterocycles. The number of likely N-dealkylation sites (N-methyl/N-ethyl adjacent to an activating group) is 3. The molecule has 0 bridgehead atoms. The van der Waals surface area contributed by atoms with Gasteiger partial charge in [0.15, 0.2) is 5.78 Å². The third-order valence-electron chi connectivity index (χ3n) is 10.8. The molecule has 0 atom stereocenters. The first kappa shape index (κ1) is 52.1. The fourth-order valence-electron chi connectivity index (χ4n) is 7.45. The molecule has 342 valence electrons. The molecular formula is C49H73N5O3S5. The number of thiophene rings is 5. The van der Waals surface area contributed by atoms with Crippen LogP contribution in [0.25, 0.3) is 0 Å². The number of esters is 1. The molecule has 3 aliphatic rings. The molecule has 0 aromatic carbocycles. The summed E-state index contributed by atoms with van der Waals surface area (Å²) in [7, 11) is 7.33. The zero-order valence-electron chi connectivity index (χ0n) is 39.3. The Bertz CT molecular complexity index is 2080. The van der Waals surface area contributed by atoms with Gasteiger partial charge >= 0.3 is 5.97 Å². The van der Waals surface area contributed by atoms with E-state index >= 15 is 0 Å². The second-order valence-electron chi connectivity index (χ2n) is 17.1. The summed E-state index contributed by atoms with van der Waals surface area (Å²) in [5.74, 6) is 0.0965. The van der Waals surface area contributed by atoms with Crippen molar-refractivity contribution in [3.05, 3.63) is 108 Å². The fraction of sp³-hybridized carbons (Fsp3) is 0.551. The van der Waals surface area contributed by atoms with Crippen molar-refractivity contribution in [1.82, 2.24) is 25.8 Å². The highest BCUT2D eigenvalue weighted by Gasteiger charge is 2.27. The number of methoxy groups -OCH3 is 1. The highest BCUT2D eigenvalue weighted by molar-refractivity contribution is 7.13. The second kappa shape index (κ2) is 26.4. The largest absolute Gasteiger partial charge is 0.468 e. The molecule has 5 aromatic rings. The summed E-state index contributed by atoms with van der Waals surface area (Å²) >= 11 is 9.39. The molecule has 5 aromatic heterocycles. The number of nitrogens with zero attached hydrogens (tertiary/aromatic N) is 2. The van der Waals surface area contributed by atoms with E-state index in [1.54, 1.807) is 32.2 Å². The Balaban J connectivity index is 0.000000171. The number of hydrogen-bond donors (Lipinski definition) is 3. The molecule has 0 unspecified atom stereocenters. The molecule has 13 heteroatoms. The van der Waals surface area contributed by atoms with Crippen LogP contribution in [-0.4, -0.2) is 109 Å². The minimum absolute atomic E-state index is 0.181. The average Bonchev–Trinajstić information content (AvgIpc) is 4.04. The monoisotopic (exact) mass is 939 g/mol. The third-order valence-corrected chi connectivity index (χ3v) is 16.3. The van der Waals surface area contributed by atoms with Gasteiger partial charge in [0, 0.05) is 79.4 Å². The third kappa shape index (κ3) is 17.8. The van der Waals surface area contributed by atoms with Gasteiger partial charge in [-0.1, -0.05) is 13.8 Å².